The molecule has 2 atom stereocenters. The Bertz CT molecular complexity index is 1410. The normalized spacial score (nSPS) is 18.1. The molecule has 1 fully saturated rings. The summed E-state index contributed by atoms with van der Waals surface area (Å²) in [5.41, 5.74) is 5.50. The standard InChI is InChI=1S/C26H29FN4O4S/c1-16-14-26(3,4)31(15-16)25-23(24(28)32)20(12-13-29-25)36(33,34)22-11-7-10-21(30-22)35-17(2)18-8-5-6-9-19(18)27/h5-13,16-17H,14-15H2,1-4H3,(H2,28,32). The quantitative estimate of drug-likeness (QED) is 0.501. The zero-order valence-corrected chi connectivity index (χ0v) is 21.4. The number of sulfone groups is 1. The van der Waals surface area contributed by atoms with Crippen LogP contribution in [0.1, 0.15) is 56.1 Å². The van der Waals surface area contributed by atoms with Gasteiger partial charge in [0.25, 0.3) is 5.91 Å². The van der Waals surface area contributed by atoms with Gasteiger partial charge in [0.2, 0.25) is 15.7 Å². The highest BCUT2D eigenvalue weighted by atomic mass is 32.2. The molecule has 0 spiro atoms. The number of hydrogen-bond acceptors (Lipinski definition) is 7. The first kappa shape index (κ1) is 25.6. The number of halogens is 1. The molecular formula is C26H29FN4O4S. The summed E-state index contributed by atoms with van der Waals surface area (Å²) in [5.74, 6) is -0.777. The molecule has 36 heavy (non-hydrogen) atoms. The Morgan fingerprint density at radius 2 is 1.92 bits per heavy atom. The minimum absolute atomic E-state index is 0.00349. The molecule has 0 bridgehead atoms. The van der Waals surface area contributed by atoms with Crippen LogP contribution in [0.3, 0.4) is 0 Å². The molecule has 1 aliphatic rings. The maximum atomic E-state index is 14.1. The van der Waals surface area contributed by atoms with Crippen molar-refractivity contribution in [1.29, 1.82) is 0 Å². The summed E-state index contributed by atoms with van der Waals surface area (Å²) >= 11 is 0. The number of hydrogen-bond donors (Lipinski definition) is 1. The number of primary amides is 1. The van der Waals surface area contributed by atoms with Crippen molar-refractivity contribution < 1.29 is 22.3 Å². The topological polar surface area (TPSA) is 115 Å². The molecule has 2 aromatic heterocycles. The van der Waals surface area contributed by atoms with E-state index in [1.54, 1.807) is 25.1 Å². The Hall–Kier alpha value is -3.53. The van der Waals surface area contributed by atoms with Gasteiger partial charge in [-0.25, -0.2) is 22.8 Å². The molecule has 3 aromatic rings. The second-order valence-electron chi connectivity index (χ2n) is 9.70. The summed E-state index contributed by atoms with van der Waals surface area (Å²) in [6.07, 6.45) is 1.49. The summed E-state index contributed by atoms with van der Waals surface area (Å²) < 4.78 is 47.3. The van der Waals surface area contributed by atoms with Gasteiger partial charge in [-0.15, -0.1) is 0 Å². The number of aromatic nitrogens is 2. The second kappa shape index (κ2) is 9.50. The number of carbonyl (C=O) groups is 1. The van der Waals surface area contributed by atoms with E-state index in [-0.39, 0.29) is 32.7 Å². The van der Waals surface area contributed by atoms with E-state index in [9.17, 15) is 17.6 Å². The van der Waals surface area contributed by atoms with Crippen molar-refractivity contribution in [3.8, 4) is 5.88 Å². The lowest BCUT2D eigenvalue weighted by Gasteiger charge is -2.33. The molecular weight excluding hydrogens is 483 g/mol. The van der Waals surface area contributed by atoms with E-state index in [0.29, 0.717) is 18.0 Å². The summed E-state index contributed by atoms with van der Waals surface area (Å²) in [6, 6.07) is 11.7. The lowest BCUT2D eigenvalue weighted by molar-refractivity contribution is 0.0997. The summed E-state index contributed by atoms with van der Waals surface area (Å²) in [7, 11) is -4.28. The van der Waals surface area contributed by atoms with Crippen LogP contribution < -0.4 is 15.4 Å². The van der Waals surface area contributed by atoms with Gasteiger partial charge < -0.3 is 15.4 Å². The van der Waals surface area contributed by atoms with Gasteiger partial charge in [-0.3, -0.25) is 4.79 Å². The van der Waals surface area contributed by atoms with Crippen molar-refractivity contribution in [2.24, 2.45) is 11.7 Å². The van der Waals surface area contributed by atoms with Gasteiger partial charge in [0.05, 0.1) is 4.90 Å². The minimum atomic E-state index is -4.28. The van der Waals surface area contributed by atoms with E-state index in [2.05, 4.69) is 16.9 Å². The van der Waals surface area contributed by atoms with Crippen LogP contribution in [0.25, 0.3) is 0 Å². The number of ether oxygens (including phenoxy) is 1. The van der Waals surface area contributed by atoms with E-state index in [4.69, 9.17) is 10.5 Å². The molecule has 8 nitrogen and oxygen atoms in total. The van der Waals surface area contributed by atoms with Gasteiger partial charge >= 0.3 is 0 Å². The molecule has 0 saturated carbocycles. The third-order valence-electron chi connectivity index (χ3n) is 6.37. The summed E-state index contributed by atoms with van der Waals surface area (Å²) in [4.78, 5) is 22.8. The first-order valence-electron chi connectivity index (χ1n) is 11.6. The molecule has 0 radical (unpaired) electrons. The minimum Gasteiger partial charge on any atom is -0.470 e. The molecule has 1 amide bonds. The zero-order chi connectivity index (χ0) is 26.3. The van der Waals surface area contributed by atoms with Crippen LogP contribution in [0.4, 0.5) is 10.2 Å². The van der Waals surface area contributed by atoms with E-state index in [0.717, 1.165) is 6.42 Å². The highest BCUT2D eigenvalue weighted by Gasteiger charge is 2.40. The van der Waals surface area contributed by atoms with E-state index >= 15 is 0 Å². The van der Waals surface area contributed by atoms with Crippen LogP contribution >= 0.6 is 0 Å². The Morgan fingerprint density at radius 3 is 2.56 bits per heavy atom. The van der Waals surface area contributed by atoms with Crippen molar-refractivity contribution in [3.05, 3.63) is 71.7 Å². The van der Waals surface area contributed by atoms with Crippen LogP contribution in [-0.4, -0.2) is 36.4 Å². The lowest BCUT2D eigenvalue weighted by atomic mass is 9.97. The zero-order valence-electron chi connectivity index (χ0n) is 20.6. The highest BCUT2D eigenvalue weighted by molar-refractivity contribution is 7.91. The molecule has 1 saturated heterocycles. The van der Waals surface area contributed by atoms with Crippen molar-refractivity contribution in [3.63, 3.8) is 0 Å². The number of anilines is 1. The Labute approximate surface area is 210 Å². The van der Waals surface area contributed by atoms with Crippen LogP contribution in [0, 0.1) is 11.7 Å². The number of nitrogens with two attached hydrogens (primary N) is 1. The Balaban J connectivity index is 1.74. The molecule has 2 N–H and O–H groups in total. The highest BCUT2D eigenvalue weighted by Crippen LogP contribution is 2.39. The average molecular weight is 513 g/mol. The smallest absolute Gasteiger partial charge is 0.253 e. The maximum absolute atomic E-state index is 14.1. The predicted molar refractivity (Wildman–Crippen MR) is 133 cm³/mol. The second-order valence-corrected chi connectivity index (χ2v) is 11.6. The largest absolute Gasteiger partial charge is 0.470 e. The molecule has 0 aliphatic carbocycles. The van der Waals surface area contributed by atoms with E-state index in [1.807, 2.05) is 18.7 Å². The van der Waals surface area contributed by atoms with Gasteiger partial charge in [0, 0.05) is 29.9 Å². The van der Waals surface area contributed by atoms with E-state index < -0.39 is 27.7 Å². The number of carbonyl (C=O) groups excluding carboxylic acids is 1. The van der Waals surface area contributed by atoms with Crippen LogP contribution in [0.5, 0.6) is 5.88 Å². The van der Waals surface area contributed by atoms with Crippen molar-refractivity contribution in [1.82, 2.24) is 9.97 Å². The number of rotatable bonds is 7. The molecule has 2 unspecified atom stereocenters. The Kier molecular flexibility index (Phi) is 6.74. The van der Waals surface area contributed by atoms with Gasteiger partial charge in [-0.2, -0.15) is 0 Å². The van der Waals surface area contributed by atoms with Crippen molar-refractivity contribution in [2.45, 2.75) is 55.7 Å². The fraction of sp³-hybridized carbons (Fsp3) is 0.346. The summed E-state index contributed by atoms with van der Waals surface area (Å²) in [5, 5.41) is -0.325. The van der Waals surface area contributed by atoms with Gasteiger partial charge in [0.15, 0.2) is 5.03 Å². The van der Waals surface area contributed by atoms with Crippen LogP contribution in [-0.2, 0) is 9.84 Å². The number of pyridine rings is 2. The first-order valence-corrected chi connectivity index (χ1v) is 13.1. The maximum Gasteiger partial charge on any atom is 0.253 e. The fourth-order valence-electron chi connectivity index (χ4n) is 4.83. The van der Waals surface area contributed by atoms with Crippen LogP contribution in [0.15, 0.2) is 64.6 Å². The molecule has 1 aromatic carbocycles. The van der Waals surface area contributed by atoms with Gasteiger partial charge in [0.1, 0.15) is 23.3 Å². The van der Waals surface area contributed by atoms with E-state index in [1.165, 1.54) is 36.5 Å². The monoisotopic (exact) mass is 512 g/mol. The molecule has 190 valence electrons. The molecule has 3 heterocycles. The lowest BCUT2D eigenvalue weighted by Crippen LogP contribution is -2.40. The molecule has 4 rings (SSSR count). The van der Waals surface area contributed by atoms with Crippen molar-refractivity contribution >= 4 is 21.6 Å². The number of nitrogens with zero attached hydrogens (tertiary/aromatic N) is 3. The van der Waals surface area contributed by atoms with Crippen LogP contribution in [0.2, 0.25) is 0 Å². The van der Waals surface area contributed by atoms with Gasteiger partial charge in [-0.05, 0) is 51.3 Å². The molecule has 10 heteroatoms. The number of amides is 1. The van der Waals surface area contributed by atoms with Gasteiger partial charge in [-0.1, -0.05) is 31.2 Å². The third kappa shape index (κ3) is 4.77. The van der Waals surface area contributed by atoms with Crippen molar-refractivity contribution in [2.75, 3.05) is 11.4 Å². The SMILES string of the molecule is CC1CN(c2nccc(S(=O)(=O)c3cccc(OC(C)c4ccccc4F)n3)c2C(N)=O)C(C)(C)C1. The fourth-order valence-corrected chi connectivity index (χ4v) is 6.22. The molecule has 1 aliphatic heterocycles. The first-order chi connectivity index (χ1) is 16.9. The number of benzene rings is 1. The third-order valence-corrected chi connectivity index (χ3v) is 8.07. The summed E-state index contributed by atoms with van der Waals surface area (Å²) in [6.45, 7) is 8.37. The Morgan fingerprint density at radius 1 is 1.19 bits per heavy atom. The predicted octanol–water partition coefficient (Wildman–Crippen LogP) is 4.31. The average Bonchev–Trinajstić information content (AvgIpc) is 3.10.